The number of rotatable bonds is 4. The van der Waals surface area contributed by atoms with E-state index in [9.17, 15) is 0 Å². The molecule has 0 bridgehead atoms. The summed E-state index contributed by atoms with van der Waals surface area (Å²) in [4.78, 5) is 0. The molecule has 0 N–H and O–H groups in total. The van der Waals surface area contributed by atoms with Gasteiger partial charge in [-0.15, -0.1) is 0 Å². The first-order valence-electron chi connectivity index (χ1n) is 4.78. The molecule has 3 heteroatoms. The second-order valence-corrected chi connectivity index (χ2v) is 29.8. The predicted octanol–water partition coefficient (Wildman–Crippen LogP) is 2.95. The molecule has 0 aromatic heterocycles. The monoisotopic (exact) mass is 440 g/mol. The van der Waals surface area contributed by atoms with Crippen LogP contribution in [0.5, 0.6) is 0 Å². The van der Waals surface area contributed by atoms with Gasteiger partial charge in [0.1, 0.15) is 0 Å². The first-order chi connectivity index (χ1) is 5.39. The molecule has 70 valence electrons. The minimum atomic E-state index is -0.846. The van der Waals surface area contributed by atoms with Crippen LogP contribution in [0, 0.1) is 0 Å². The Morgan fingerprint density at radius 2 is 1.08 bits per heavy atom. The first-order valence-corrected chi connectivity index (χ1v) is 19.7. The van der Waals surface area contributed by atoms with E-state index in [1.165, 1.54) is 22.5 Å². The van der Waals surface area contributed by atoms with Crippen LogP contribution >= 0.6 is 0 Å². The zero-order chi connectivity index (χ0) is 9.94. The molecule has 0 spiro atoms. The van der Waals surface area contributed by atoms with Gasteiger partial charge in [0, 0.05) is 0 Å². The fourth-order valence-electron chi connectivity index (χ4n) is 2.39. The molecule has 0 atom stereocenters. The Labute approximate surface area is 96.8 Å². The van der Waals surface area contributed by atoms with Gasteiger partial charge in [-0.3, -0.25) is 0 Å². The van der Waals surface area contributed by atoms with E-state index < -0.39 is 6.54 Å². The van der Waals surface area contributed by atoms with Crippen LogP contribution in [0.1, 0.15) is 41.5 Å². The Hall–Kier alpha value is 1.70. The second-order valence-electron chi connectivity index (χ2n) is 4.46. The topological polar surface area (TPSA) is 0 Å². The van der Waals surface area contributed by atoms with Crippen molar-refractivity contribution >= 4 is 39.4 Å². The quantitative estimate of drug-likeness (QED) is 0.591. The second kappa shape index (κ2) is 5.55. The maximum absolute atomic E-state index is 2.47. The molecule has 0 aromatic rings. The summed E-state index contributed by atoms with van der Waals surface area (Å²) in [7, 11) is 0.755. The Bertz CT molecular complexity index is 133. The molecular formula is C9H21AsPbSi. The van der Waals surface area contributed by atoms with Gasteiger partial charge in [0.05, 0.1) is 0 Å². The third-order valence-corrected chi connectivity index (χ3v) is 44.6. The third-order valence-electron chi connectivity index (χ3n) is 2.97. The van der Waals surface area contributed by atoms with Crippen molar-refractivity contribution in [3.05, 3.63) is 0 Å². The molecule has 0 amide bonds. The molecule has 0 rings (SSSR count). The van der Waals surface area contributed by atoms with Gasteiger partial charge in [-0.1, -0.05) is 0 Å². The molecule has 0 aliphatic rings. The summed E-state index contributed by atoms with van der Waals surface area (Å²) < 4.78 is 0. The van der Waals surface area contributed by atoms with Crippen molar-refractivity contribution in [3.8, 4) is 0 Å². The van der Waals surface area contributed by atoms with Crippen LogP contribution in [0.3, 0.4) is 0 Å². The molecule has 0 saturated carbocycles. The van der Waals surface area contributed by atoms with E-state index in [4.69, 9.17) is 0 Å². The van der Waals surface area contributed by atoms with Crippen molar-refractivity contribution < 1.29 is 0 Å². The zero-order valence-electron chi connectivity index (χ0n) is 9.18. The van der Waals surface area contributed by atoms with E-state index in [1.54, 1.807) is 0 Å². The van der Waals surface area contributed by atoms with Gasteiger partial charge in [-0.2, -0.15) is 0 Å². The molecule has 0 unspecified atom stereocenters. The zero-order valence-corrected chi connectivity index (χ0v) is 15.9. The van der Waals surface area contributed by atoms with Gasteiger partial charge in [0.2, 0.25) is 0 Å². The standard InChI is InChI=1S/C9H21AsSi.Pb/c1-7(2)11(10,8(3)4)9(5)6;/h7-9H,1-6H3;. The van der Waals surface area contributed by atoms with Crippen LogP contribution in [0.15, 0.2) is 0 Å². The van der Waals surface area contributed by atoms with Crippen LogP contribution < -0.4 is 0 Å². The summed E-state index contributed by atoms with van der Waals surface area (Å²) in [6.07, 6.45) is 0. The Morgan fingerprint density at radius 3 is 1.08 bits per heavy atom. The van der Waals surface area contributed by atoms with E-state index in [0.717, 1.165) is 27.0 Å². The molecule has 0 nitrogen and oxygen atoms in total. The van der Waals surface area contributed by atoms with Gasteiger partial charge in [0.15, 0.2) is 0 Å². The summed E-state index contributed by atoms with van der Waals surface area (Å²) in [5.41, 5.74) is 3.03. The SMILES string of the molecule is CC(C)[Si]([As]=[Pb])(C(C)C)C(C)C. The van der Waals surface area contributed by atoms with Crippen molar-refractivity contribution in [3.63, 3.8) is 0 Å². The van der Waals surface area contributed by atoms with Crippen molar-refractivity contribution in [1.82, 2.24) is 0 Å². The molecule has 12 heavy (non-hydrogen) atoms. The average Bonchev–Trinajstić information content (AvgIpc) is 1.86. The molecule has 0 fully saturated rings. The van der Waals surface area contributed by atoms with Gasteiger partial charge >= 0.3 is 97.6 Å². The van der Waals surface area contributed by atoms with E-state index in [-0.39, 0.29) is 0 Å². The Morgan fingerprint density at radius 1 is 0.833 bits per heavy atom. The van der Waals surface area contributed by atoms with Gasteiger partial charge in [0.25, 0.3) is 0 Å². The molecule has 0 aliphatic heterocycles. The fourth-order valence-corrected chi connectivity index (χ4v) is 59.0. The van der Waals surface area contributed by atoms with Crippen LogP contribution in [-0.2, 0) is 0 Å². The van der Waals surface area contributed by atoms with E-state index in [1.807, 2.05) is 0 Å². The maximum atomic E-state index is 2.47. The van der Waals surface area contributed by atoms with Gasteiger partial charge in [-0.25, -0.2) is 0 Å². The van der Waals surface area contributed by atoms with Crippen LogP contribution in [0.25, 0.3) is 0 Å². The van der Waals surface area contributed by atoms with Gasteiger partial charge in [-0.05, 0) is 0 Å². The van der Waals surface area contributed by atoms with Crippen LogP contribution in [0.4, 0.5) is 0 Å². The molecule has 2 radical (unpaired) electrons. The van der Waals surface area contributed by atoms with E-state index in [0.29, 0.717) is 0 Å². The average molecular weight is 439 g/mol. The molecule has 0 heterocycles. The van der Waals surface area contributed by atoms with Gasteiger partial charge < -0.3 is 0 Å². The third kappa shape index (κ3) is 2.60. The Balaban J connectivity index is 4.89. The number of hydrogen-bond acceptors (Lipinski definition) is 0. The summed E-state index contributed by atoms with van der Waals surface area (Å²) in [6, 6.07) is 0. The summed E-state index contributed by atoms with van der Waals surface area (Å²) in [5, 5.41) is 0. The molecule has 0 saturated heterocycles. The molecule has 0 aliphatic carbocycles. The normalized spacial score (nSPS) is 13.8. The predicted molar refractivity (Wildman–Crippen MR) is 62.6 cm³/mol. The minimum absolute atomic E-state index is 0.755. The van der Waals surface area contributed by atoms with Crippen molar-refractivity contribution in [1.29, 1.82) is 0 Å². The fraction of sp³-hybridized carbons (Fsp3) is 1.00. The molecular weight excluding hydrogens is 418 g/mol. The first kappa shape index (κ1) is 13.7. The van der Waals surface area contributed by atoms with E-state index in [2.05, 4.69) is 41.5 Å². The van der Waals surface area contributed by atoms with E-state index >= 15 is 0 Å². The number of hydrogen-bond donors (Lipinski definition) is 0. The summed E-state index contributed by atoms with van der Waals surface area (Å²) in [5.74, 6) is 0. The Kier molecular flexibility index (Phi) is 6.33. The van der Waals surface area contributed by atoms with Crippen molar-refractivity contribution in [2.75, 3.05) is 0 Å². The summed E-state index contributed by atoms with van der Waals surface area (Å²) in [6.45, 7) is 14.0. The molecule has 0 aromatic carbocycles. The van der Waals surface area contributed by atoms with Crippen LogP contribution in [-0.4, -0.2) is 39.4 Å². The van der Waals surface area contributed by atoms with Crippen LogP contribution in [0.2, 0.25) is 16.6 Å². The van der Waals surface area contributed by atoms with Crippen molar-refractivity contribution in [2.24, 2.45) is 0 Å². The summed E-state index contributed by atoms with van der Waals surface area (Å²) >= 11 is 1.50. The van der Waals surface area contributed by atoms with Crippen molar-refractivity contribution in [2.45, 2.75) is 58.2 Å².